The van der Waals surface area contributed by atoms with Gasteiger partial charge in [0.2, 0.25) is 0 Å². The quantitative estimate of drug-likeness (QED) is 0.160. The highest BCUT2D eigenvalue weighted by molar-refractivity contribution is 7.00. The van der Waals surface area contributed by atoms with Crippen LogP contribution < -0.4 is 26.2 Å². The fraction of sp³-hybridized carbons (Fsp3) is 0.323. The van der Waals surface area contributed by atoms with E-state index in [1.54, 1.807) is 22.3 Å². The van der Waals surface area contributed by atoms with E-state index < -0.39 is 0 Å². The molecule has 2 nitrogen and oxygen atoms in total. The predicted octanol–water partition coefficient (Wildman–Crippen LogP) is 14.0. The normalized spacial score (nSPS) is 30.0. The van der Waals surface area contributed by atoms with Crippen molar-refractivity contribution in [1.29, 1.82) is 0 Å². The molecule has 7 aromatic carbocycles. The van der Waals surface area contributed by atoms with E-state index in [0.717, 1.165) is 0 Å². The van der Waals surface area contributed by atoms with E-state index in [1.807, 2.05) is 0 Å². The third kappa shape index (κ3) is 3.90. The van der Waals surface area contributed by atoms with Crippen LogP contribution in [0.3, 0.4) is 0 Å². The first-order valence-corrected chi connectivity index (χ1v) is 24.9. The first-order chi connectivity index (χ1) is 31.5. The smallest absolute Gasteiger partial charge is 0.252 e. The number of para-hydroxylation sites is 2. The van der Waals surface area contributed by atoms with E-state index >= 15 is 0 Å². The van der Waals surface area contributed by atoms with Crippen LogP contribution in [-0.2, 0) is 10.8 Å². The third-order valence-corrected chi connectivity index (χ3v) is 21.4. The molecular formula is C62H57BN2. The molecule has 0 radical (unpaired) electrons. The van der Waals surface area contributed by atoms with Crippen molar-refractivity contribution in [2.45, 2.75) is 90.9 Å². The maximum atomic E-state index is 2.73. The standard InChI is InChI=1S/C62H57BN2/c1-57(2)38-30-32-59(57,5)61(36-38)46-25-16-14-23-43(46)54-47(61)28-29-49-56(54)65(41-20-11-8-12-21-41)52-27-17-26-51-55(52)63(49)50-34-44-42-22-13-15-24-45(42)62(37-39-31-33-60(62,6)58(39,3)4)48(44)35-53(50)64(51)40-18-9-7-10-19-40/h7-29,34-35,38-39H,30-33,36-37H2,1-6H3/t38?,39?,59?,60?,61-,62-/m1/s1. The highest BCUT2D eigenvalue weighted by Crippen LogP contribution is 2.80. The maximum absolute atomic E-state index is 2.73. The summed E-state index contributed by atoms with van der Waals surface area (Å²) in [5.74, 6) is 1.42. The molecule has 0 saturated heterocycles. The van der Waals surface area contributed by atoms with Crippen molar-refractivity contribution in [2.75, 3.05) is 9.80 Å². The van der Waals surface area contributed by atoms with Crippen LogP contribution in [0.4, 0.5) is 34.1 Å². The molecule has 15 rings (SSSR count). The summed E-state index contributed by atoms with van der Waals surface area (Å²) in [4.78, 5) is 5.33. The number of rotatable bonds is 2. The number of nitrogens with zero attached hydrogens (tertiary/aromatic N) is 2. The van der Waals surface area contributed by atoms with Crippen molar-refractivity contribution < 1.29 is 0 Å². The molecule has 318 valence electrons. The molecule has 2 heterocycles. The van der Waals surface area contributed by atoms with E-state index in [4.69, 9.17) is 0 Å². The Kier molecular flexibility index (Phi) is 6.78. The fourth-order valence-electron chi connectivity index (χ4n) is 17.7. The second-order valence-corrected chi connectivity index (χ2v) is 23.3. The fourth-order valence-corrected chi connectivity index (χ4v) is 17.7. The van der Waals surface area contributed by atoms with Gasteiger partial charge in [0.1, 0.15) is 0 Å². The molecule has 2 aliphatic heterocycles. The molecule has 6 aliphatic carbocycles. The summed E-state index contributed by atoms with van der Waals surface area (Å²) in [5, 5.41) is 0. The van der Waals surface area contributed by atoms with E-state index in [9.17, 15) is 0 Å². The van der Waals surface area contributed by atoms with Crippen LogP contribution in [0.25, 0.3) is 22.3 Å². The van der Waals surface area contributed by atoms with Crippen LogP contribution in [0.1, 0.15) is 102 Å². The summed E-state index contributed by atoms with van der Waals surface area (Å²) >= 11 is 0. The Morgan fingerprint density at radius 1 is 0.446 bits per heavy atom. The predicted molar refractivity (Wildman–Crippen MR) is 271 cm³/mol. The van der Waals surface area contributed by atoms with Gasteiger partial charge in [-0.3, -0.25) is 0 Å². The van der Waals surface area contributed by atoms with Gasteiger partial charge in [0.15, 0.2) is 0 Å². The van der Waals surface area contributed by atoms with Crippen LogP contribution in [0.2, 0.25) is 0 Å². The molecule has 4 bridgehead atoms. The van der Waals surface area contributed by atoms with Crippen molar-refractivity contribution in [3.05, 3.63) is 174 Å². The van der Waals surface area contributed by atoms with Crippen LogP contribution in [0.5, 0.6) is 0 Å². The Balaban J connectivity index is 1.06. The van der Waals surface area contributed by atoms with Crippen LogP contribution >= 0.6 is 0 Å². The van der Waals surface area contributed by atoms with Crippen molar-refractivity contribution in [1.82, 2.24) is 0 Å². The molecule has 3 heteroatoms. The van der Waals surface area contributed by atoms with Crippen molar-refractivity contribution in [2.24, 2.45) is 33.5 Å². The number of hydrogen-bond donors (Lipinski definition) is 0. The van der Waals surface area contributed by atoms with Crippen LogP contribution in [-0.4, -0.2) is 6.71 Å². The van der Waals surface area contributed by atoms with E-state index in [0.29, 0.717) is 11.8 Å². The lowest BCUT2D eigenvalue weighted by molar-refractivity contribution is 0.0990. The molecule has 7 aromatic rings. The summed E-state index contributed by atoms with van der Waals surface area (Å²) < 4.78 is 0. The van der Waals surface area contributed by atoms with E-state index in [-0.39, 0.29) is 39.2 Å². The number of benzene rings is 7. The largest absolute Gasteiger partial charge is 0.311 e. The average molecular weight is 841 g/mol. The SMILES string of the molecule is CC1(C)C2CCC1(C)[C@]1(C2)c2ccccc2-c2cc3c(cc21)N(c1ccccc1)c1cccc2c1B3c1ccc3c(c1N2c1ccccc1)-c1ccccc1[C@]31CC2CCC1(C)C2(C)C. The lowest BCUT2D eigenvalue weighted by Gasteiger charge is -2.49. The number of hydrogen-bond acceptors (Lipinski definition) is 2. The molecule has 6 atom stereocenters. The molecule has 2 spiro atoms. The molecule has 0 N–H and O–H groups in total. The van der Waals surface area contributed by atoms with Crippen LogP contribution in [0, 0.1) is 33.5 Å². The van der Waals surface area contributed by atoms with Gasteiger partial charge in [0.05, 0.1) is 0 Å². The summed E-state index contributed by atoms with van der Waals surface area (Å²) in [6.45, 7) is 15.8. The van der Waals surface area contributed by atoms with Crippen molar-refractivity contribution >= 4 is 57.2 Å². The second-order valence-electron chi connectivity index (χ2n) is 23.3. The minimum absolute atomic E-state index is 0.0250. The Morgan fingerprint density at radius 3 is 1.58 bits per heavy atom. The van der Waals surface area contributed by atoms with Gasteiger partial charge in [-0.15, -0.1) is 0 Å². The molecular weight excluding hydrogens is 784 g/mol. The Hall–Kier alpha value is -5.80. The highest BCUT2D eigenvalue weighted by atomic mass is 15.2. The molecule has 8 aliphatic rings. The van der Waals surface area contributed by atoms with Gasteiger partial charge in [0, 0.05) is 50.5 Å². The minimum Gasteiger partial charge on any atom is -0.311 e. The molecule has 4 unspecified atom stereocenters. The zero-order valence-corrected chi connectivity index (χ0v) is 38.8. The van der Waals surface area contributed by atoms with Crippen molar-refractivity contribution in [3.8, 4) is 22.3 Å². The third-order valence-electron chi connectivity index (χ3n) is 21.4. The summed E-state index contributed by atoms with van der Waals surface area (Å²) in [5.41, 5.74) is 24.9. The first kappa shape index (κ1) is 37.4. The van der Waals surface area contributed by atoms with Gasteiger partial charge >= 0.3 is 0 Å². The first-order valence-electron chi connectivity index (χ1n) is 24.9. The highest BCUT2D eigenvalue weighted by Gasteiger charge is 2.73. The maximum Gasteiger partial charge on any atom is 0.252 e. The summed E-state index contributed by atoms with van der Waals surface area (Å²) in [6.07, 6.45) is 7.69. The van der Waals surface area contributed by atoms with Crippen LogP contribution in [0.15, 0.2) is 152 Å². The second kappa shape index (κ2) is 11.8. The van der Waals surface area contributed by atoms with Gasteiger partial charge in [-0.2, -0.15) is 0 Å². The van der Waals surface area contributed by atoms with Gasteiger partial charge in [0.25, 0.3) is 6.71 Å². The summed E-state index contributed by atoms with van der Waals surface area (Å²) in [7, 11) is 0. The summed E-state index contributed by atoms with van der Waals surface area (Å²) in [6, 6.07) is 59.7. The molecule has 4 saturated carbocycles. The Morgan fingerprint density at radius 2 is 0.985 bits per heavy atom. The lowest BCUT2D eigenvalue weighted by atomic mass is 9.33. The zero-order chi connectivity index (χ0) is 43.6. The Labute approximate surface area is 385 Å². The number of fused-ring (bicyclic) bond motifs is 21. The number of anilines is 6. The molecule has 0 amide bonds. The molecule has 65 heavy (non-hydrogen) atoms. The van der Waals surface area contributed by atoms with Gasteiger partial charge in [-0.25, -0.2) is 0 Å². The molecule has 0 aromatic heterocycles. The van der Waals surface area contributed by atoms with Gasteiger partial charge < -0.3 is 9.80 Å². The lowest BCUT2D eigenvalue weighted by Crippen LogP contribution is -2.61. The Bertz CT molecular complexity index is 3210. The van der Waals surface area contributed by atoms with Gasteiger partial charge in [-0.1, -0.05) is 151 Å². The van der Waals surface area contributed by atoms with Gasteiger partial charge in [-0.05, 0) is 170 Å². The van der Waals surface area contributed by atoms with E-state index in [2.05, 4.69) is 203 Å². The van der Waals surface area contributed by atoms with E-state index in [1.165, 1.54) is 111 Å². The minimum atomic E-state index is -0.0250. The molecule has 4 fully saturated rings. The zero-order valence-electron chi connectivity index (χ0n) is 38.8. The monoisotopic (exact) mass is 840 g/mol. The van der Waals surface area contributed by atoms with Crippen molar-refractivity contribution in [3.63, 3.8) is 0 Å². The topological polar surface area (TPSA) is 6.48 Å². The average Bonchev–Trinajstić information content (AvgIpc) is 4.02.